The van der Waals surface area contributed by atoms with Crippen LogP contribution in [0.25, 0.3) is 0 Å². The van der Waals surface area contributed by atoms with Gasteiger partial charge in [-0.1, -0.05) is 18.2 Å². The van der Waals surface area contributed by atoms with Crippen molar-refractivity contribution in [2.45, 2.75) is 20.4 Å². The van der Waals surface area contributed by atoms with Gasteiger partial charge in [0.25, 0.3) is 5.91 Å². The van der Waals surface area contributed by atoms with Gasteiger partial charge in [-0.05, 0) is 43.7 Å². The zero-order chi connectivity index (χ0) is 21.2. The molecule has 0 N–H and O–H groups in total. The minimum atomic E-state index is -0.602. The molecule has 0 spiro atoms. The summed E-state index contributed by atoms with van der Waals surface area (Å²) >= 11 is 0. The van der Waals surface area contributed by atoms with Crippen molar-refractivity contribution in [2.75, 3.05) is 34.0 Å². The van der Waals surface area contributed by atoms with Gasteiger partial charge in [-0.15, -0.1) is 0 Å². The highest BCUT2D eigenvalue weighted by molar-refractivity contribution is 5.94. The van der Waals surface area contributed by atoms with Crippen LogP contribution in [0.5, 0.6) is 17.2 Å². The number of hydrogen-bond donors (Lipinski definition) is 0. The van der Waals surface area contributed by atoms with Crippen LogP contribution in [0.2, 0.25) is 0 Å². The van der Waals surface area contributed by atoms with E-state index < -0.39 is 5.97 Å². The van der Waals surface area contributed by atoms with Gasteiger partial charge in [0.15, 0.2) is 18.1 Å². The van der Waals surface area contributed by atoms with Crippen LogP contribution in [0.15, 0.2) is 42.5 Å². The Bertz CT molecular complexity index is 836. The Kier molecular flexibility index (Phi) is 8.33. The molecule has 0 heterocycles. The number of nitrogens with zero attached hydrogens (tertiary/aromatic N) is 1. The average Bonchev–Trinajstić information content (AvgIpc) is 2.76. The summed E-state index contributed by atoms with van der Waals surface area (Å²) in [6.07, 6.45) is 0. The van der Waals surface area contributed by atoms with Gasteiger partial charge < -0.3 is 23.8 Å². The largest absolute Gasteiger partial charge is 0.496 e. The number of carbonyl (C=O) groups excluding carboxylic acids is 2. The van der Waals surface area contributed by atoms with E-state index in [1.54, 1.807) is 36.3 Å². The number of esters is 1. The summed E-state index contributed by atoms with van der Waals surface area (Å²) in [6, 6.07) is 12.2. The maximum Gasteiger partial charge on any atom is 0.342 e. The fourth-order valence-electron chi connectivity index (χ4n) is 2.79. The molecule has 0 atom stereocenters. The molecule has 0 unspecified atom stereocenters. The highest BCUT2D eigenvalue weighted by Gasteiger charge is 2.18. The van der Waals surface area contributed by atoms with Gasteiger partial charge in [0.1, 0.15) is 11.3 Å². The summed E-state index contributed by atoms with van der Waals surface area (Å²) in [7, 11) is 3.04. The molecule has 1 amide bonds. The van der Waals surface area contributed by atoms with Gasteiger partial charge in [0.2, 0.25) is 0 Å². The second-order valence-corrected chi connectivity index (χ2v) is 6.10. The smallest absolute Gasteiger partial charge is 0.342 e. The van der Waals surface area contributed by atoms with Crippen molar-refractivity contribution in [2.24, 2.45) is 0 Å². The summed E-state index contributed by atoms with van der Waals surface area (Å²) in [5.74, 6) is 0.770. The second kappa shape index (κ2) is 10.9. The normalized spacial score (nSPS) is 10.2. The van der Waals surface area contributed by atoms with Crippen LogP contribution >= 0.6 is 0 Å². The first-order valence-corrected chi connectivity index (χ1v) is 9.41. The fourth-order valence-corrected chi connectivity index (χ4v) is 2.79. The van der Waals surface area contributed by atoms with Crippen molar-refractivity contribution in [3.05, 3.63) is 53.6 Å². The quantitative estimate of drug-likeness (QED) is 0.569. The molecule has 156 valence electrons. The van der Waals surface area contributed by atoms with Gasteiger partial charge in [-0.25, -0.2) is 4.79 Å². The van der Waals surface area contributed by atoms with E-state index in [2.05, 4.69) is 0 Å². The fraction of sp³-hybridized carbons (Fsp3) is 0.364. The van der Waals surface area contributed by atoms with Crippen LogP contribution in [-0.4, -0.2) is 50.8 Å². The first-order chi connectivity index (χ1) is 14.0. The van der Waals surface area contributed by atoms with Crippen LogP contribution in [0, 0.1) is 0 Å². The van der Waals surface area contributed by atoms with Crippen LogP contribution in [-0.2, 0) is 16.1 Å². The molecule has 0 saturated carbocycles. The predicted molar refractivity (Wildman–Crippen MR) is 109 cm³/mol. The van der Waals surface area contributed by atoms with E-state index >= 15 is 0 Å². The maximum absolute atomic E-state index is 12.6. The number of para-hydroxylation sites is 1. The molecule has 0 radical (unpaired) electrons. The molecule has 0 aliphatic heterocycles. The summed E-state index contributed by atoms with van der Waals surface area (Å²) in [4.78, 5) is 26.4. The van der Waals surface area contributed by atoms with E-state index in [4.69, 9.17) is 18.9 Å². The third kappa shape index (κ3) is 5.88. The minimum absolute atomic E-state index is 0.280. The van der Waals surface area contributed by atoms with Crippen LogP contribution < -0.4 is 14.2 Å². The third-order valence-corrected chi connectivity index (χ3v) is 4.29. The summed E-state index contributed by atoms with van der Waals surface area (Å²) in [5, 5.41) is 0. The Morgan fingerprint density at radius 1 is 0.931 bits per heavy atom. The number of likely N-dealkylation sites (N-methyl/N-ethyl adjacent to an activating group) is 1. The Hall–Kier alpha value is -3.22. The molecule has 0 saturated heterocycles. The third-order valence-electron chi connectivity index (χ3n) is 4.29. The summed E-state index contributed by atoms with van der Waals surface area (Å²) in [6.45, 7) is 4.79. The van der Waals surface area contributed by atoms with Gasteiger partial charge in [0, 0.05) is 13.1 Å². The standard InChI is InChI=1S/C22H27NO6/c1-5-23(14-16-11-12-19(28-6-2)20(13-16)27-4)21(24)15-29-22(25)17-9-7-8-10-18(17)26-3/h7-13H,5-6,14-15H2,1-4H3. The van der Waals surface area contributed by atoms with Crippen molar-refractivity contribution in [1.29, 1.82) is 0 Å². The zero-order valence-corrected chi connectivity index (χ0v) is 17.3. The Balaban J connectivity index is 2.01. The topological polar surface area (TPSA) is 74.3 Å². The number of ether oxygens (including phenoxy) is 4. The molecular formula is C22H27NO6. The van der Waals surface area contributed by atoms with E-state index in [1.807, 2.05) is 32.0 Å². The lowest BCUT2D eigenvalue weighted by Crippen LogP contribution is -2.34. The first kappa shape index (κ1) is 22.1. The lowest BCUT2D eigenvalue weighted by atomic mass is 10.2. The number of amides is 1. The minimum Gasteiger partial charge on any atom is -0.496 e. The molecule has 0 fully saturated rings. The van der Waals surface area contributed by atoms with Crippen molar-refractivity contribution in [3.8, 4) is 17.2 Å². The monoisotopic (exact) mass is 401 g/mol. The van der Waals surface area contributed by atoms with Crippen LogP contribution in [0.4, 0.5) is 0 Å². The number of rotatable bonds is 10. The van der Waals surface area contributed by atoms with Gasteiger partial charge in [0.05, 0.1) is 20.8 Å². The molecule has 2 rings (SSSR count). The Morgan fingerprint density at radius 3 is 2.31 bits per heavy atom. The molecular weight excluding hydrogens is 374 g/mol. The van der Waals surface area contributed by atoms with Gasteiger partial charge in [-0.2, -0.15) is 0 Å². The van der Waals surface area contributed by atoms with Crippen LogP contribution in [0.1, 0.15) is 29.8 Å². The number of hydrogen-bond acceptors (Lipinski definition) is 6. The molecule has 2 aromatic rings. The van der Waals surface area contributed by atoms with Gasteiger partial charge >= 0.3 is 5.97 Å². The zero-order valence-electron chi connectivity index (χ0n) is 17.3. The molecule has 0 aromatic heterocycles. The lowest BCUT2D eigenvalue weighted by molar-refractivity contribution is -0.134. The summed E-state index contributed by atoms with van der Waals surface area (Å²) < 4.78 is 21.2. The first-order valence-electron chi connectivity index (χ1n) is 9.41. The molecule has 29 heavy (non-hydrogen) atoms. The molecule has 0 aliphatic rings. The number of methoxy groups -OCH3 is 2. The average molecular weight is 401 g/mol. The van der Waals surface area contributed by atoms with Crippen molar-refractivity contribution >= 4 is 11.9 Å². The Morgan fingerprint density at radius 2 is 1.66 bits per heavy atom. The van der Waals surface area contributed by atoms with Crippen LogP contribution in [0.3, 0.4) is 0 Å². The highest BCUT2D eigenvalue weighted by Crippen LogP contribution is 2.28. The highest BCUT2D eigenvalue weighted by atomic mass is 16.5. The SMILES string of the molecule is CCOc1ccc(CN(CC)C(=O)COC(=O)c2ccccc2OC)cc1OC. The van der Waals surface area contributed by atoms with Crippen molar-refractivity contribution in [1.82, 2.24) is 4.90 Å². The van der Waals surface area contributed by atoms with E-state index in [0.717, 1.165) is 5.56 Å². The number of carbonyl (C=O) groups is 2. The molecule has 0 bridgehead atoms. The van der Waals surface area contributed by atoms with E-state index in [-0.39, 0.29) is 18.1 Å². The van der Waals surface area contributed by atoms with E-state index in [1.165, 1.54) is 7.11 Å². The molecule has 0 aliphatic carbocycles. The molecule has 7 heteroatoms. The predicted octanol–water partition coefficient (Wildman–Crippen LogP) is 3.31. The summed E-state index contributed by atoms with van der Waals surface area (Å²) in [5.41, 5.74) is 1.17. The molecule has 7 nitrogen and oxygen atoms in total. The number of benzene rings is 2. The lowest BCUT2D eigenvalue weighted by Gasteiger charge is -2.21. The maximum atomic E-state index is 12.6. The van der Waals surface area contributed by atoms with E-state index in [9.17, 15) is 9.59 Å². The molecule has 2 aromatic carbocycles. The van der Waals surface area contributed by atoms with Crippen molar-refractivity contribution in [3.63, 3.8) is 0 Å². The second-order valence-electron chi connectivity index (χ2n) is 6.10. The van der Waals surface area contributed by atoms with Gasteiger partial charge in [-0.3, -0.25) is 4.79 Å². The Labute approximate surface area is 171 Å². The van der Waals surface area contributed by atoms with E-state index in [0.29, 0.717) is 36.9 Å². The van der Waals surface area contributed by atoms with Crippen molar-refractivity contribution < 1.29 is 28.5 Å².